The summed E-state index contributed by atoms with van der Waals surface area (Å²) < 4.78 is 0. The van der Waals surface area contributed by atoms with Crippen molar-refractivity contribution in [1.29, 1.82) is 0 Å². The molecule has 10 nitrogen and oxygen atoms in total. The summed E-state index contributed by atoms with van der Waals surface area (Å²) >= 11 is 1.27. The number of carbonyl (C=O) groups is 2. The number of rotatable bonds is 7. The molecule has 1 heterocycles. The third kappa shape index (κ3) is 4.41. The number of nitro groups is 2. The van der Waals surface area contributed by atoms with Crippen LogP contribution < -0.4 is 11.1 Å². The number of fused-ring (bicyclic) bond motifs is 1. The third-order valence-electron chi connectivity index (χ3n) is 5.55. The second-order valence-electron chi connectivity index (χ2n) is 7.58. The van der Waals surface area contributed by atoms with Gasteiger partial charge in [-0.1, -0.05) is 19.8 Å². The molecule has 1 atom stereocenters. The molecule has 31 heavy (non-hydrogen) atoms. The second-order valence-corrected chi connectivity index (χ2v) is 8.68. The van der Waals surface area contributed by atoms with Crippen LogP contribution in [0.25, 0.3) is 0 Å². The fourth-order valence-corrected chi connectivity index (χ4v) is 5.39. The molecule has 164 valence electrons. The molecule has 1 aromatic heterocycles. The van der Waals surface area contributed by atoms with Crippen molar-refractivity contribution in [2.75, 3.05) is 5.32 Å². The van der Waals surface area contributed by atoms with Crippen LogP contribution in [-0.4, -0.2) is 21.7 Å². The number of primary amides is 1. The van der Waals surface area contributed by atoms with Gasteiger partial charge in [-0.05, 0) is 37.7 Å². The maximum atomic E-state index is 12.8. The predicted molar refractivity (Wildman–Crippen MR) is 116 cm³/mol. The van der Waals surface area contributed by atoms with Gasteiger partial charge in [-0.2, -0.15) is 0 Å². The number of nitrogens with two attached hydrogens (primary N) is 1. The van der Waals surface area contributed by atoms with Gasteiger partial charge in [0.2, 0.25) is 0 Å². The highest BCUT2D eigenvalue weighted by molar-refractivity contribution is 7.17. The van der Waals surface area contributed by atoms with Gasteiger partial charge in [-0.15, -0.1) is 11.3 Å². The first kappa shape index (κ1) is 22.3. The van der Waals surface area contributed by atoms with Crippen LogP contribution in [0.3, 0.4) is 0 Å². The molecular weight excluding hydrogens is 424 g/mol. The second kappa shape index (κ2) is 8.80. The summed E-state index contributed by atoms with van der Waals surface area (Å²) in [5.41, 5.74) is 5.23. The zero-order chi connectivity index (χ0) is 22.9. The smallest absolute Gasteiger partial charge is 0.279 e. The fraction of sp³-hybridized carbons (Fsp3) is 0.400. The van der Waals surface area contributed by atoms with Crippen molar-refractivity contribution in [3.8, 4) is 0 Å². The summed E-state index contributed by atoms with van der Waals surface area (Å²) in [4.78, 5) is 47.0. The number of hydrogen-bond donors (Lipinski definition) is 2. The third-order valence-corrected chi connectivity index (χ3v) is 6.72. The molecule has 11 heteroatoms. The summed E-state index contributed by atoms with van der Waals surface area (Å²) in [7, 11) is 0. The molecule has 1 aliphatic carbocycles. The van der Waals surface area contributed by atoms with E-state index in [4.69, 9.17) is 5.73 Å². The highest BCUT2D eigenvalue weighted by Crippen LogP contribution is 2.41. The van der Waals surface area contributed by atoms with Crippen molar-refractivity contribution in [3.63, 3.8) is 0 Å². The Morgan fingerprint density at radius 2 is 1.84 bits per heavy atom. The number of amides is 2. The number of thiophene rings is 1. The Bertz CT molecular complexity index is 1060. The van der Waals surface area contributed by atoms with Crippen molar-refractivity contribution < 1.29 is 19.4 Å². The average Bonchev–Trinajstić information content (AvgIpc) is 3.05. The number of nitro benzene ring substituents is 2. The standard InChI is InChI=1S/C20H22N4O6S/c1-3-4-11-5-6-13-16(7-11)31-20(17(13)18(21)25)22-19(26)12-8-14(23(27)28)10(2)15(9-12)24(29)30/h8-9,11H,3-7H2,1-2H3,(H2,21,25)(H,22,26)/t11-/m0/s1. The Balaban J connectivity index is 1.98. The van der Waals surface area contributed by atoms with E-state index in [2.05, 4.69) is 12.2 Å². The first-order chi connectivity index (χ1) is 14.6. The van der Waals surface area contributed by atoms with Crippen molar-refractivity contribution in [1.82, 2.24) is 0 Å². The molecule has 2 aromatic rings. The van der Waals surface area contributed by atoms with E-state index in [1.807, 2.05) is 0 Å². The number of nitrogens with one attached hydrogen (secondary N) is 1. The van der Waals surface area contributed by atoms with Gasteiger partial charge in [0.05, 0.1) is 21.0 Å². The van der Waals surface area contributed by atoms with Gasteiger partial charge < -0.3 is 11.1 Å². The average molecular weight is 446 g/mol. The Labute approximate surface area is 181 Å². The lowest BCUT2D eigenvalue weighted by Crippen LogP contribution is -2.20. The minimum absolute atomic E-state index is 0.141. The molecule has 1 aliphatic rings. The van der Waals surface area contributed by atoms with E-state index in [1.54, 1.807) is 0 Å². The van der Waals surface area contributed by atoms with Crippen molar-refractivity contribution in [2.45, 2.75) is 46.0 Å². The molecule has 0 saturated heterocycles. The molecule has 1 aromatic carbocycles. The molecular formula is C20H22N4O6S. The van der Waals surface area contributed by atoms with E-state index in [1.165, 1.54) is 18.3 Å². The lowest BCUT2D eigenvalue weighted by atomic mass is 9.84. The van der Waals surface area contributed by atoms with Gasteiger partial charge in [0.15, 0.2) is 0 Å². The molecule has 3 rings (SSSR count). The summed E-state index contributed by atoms with van der Waals surface area (Å²) in [5.74, 6) is -0.942. The topological polar surface area (TPSA) is 158 Å². The summed E-state index contributed by atoms with van der Waals surface area (Å²) in [6.45, 7) is 3.37. The van der Waals surface area contributed by atoms with Gasteiger partial charge >= 0.3 is 0 Å². The van der Waals surface area contributed by atoms with Crippen LogP contribution in [0.5, 0.6) is 0 Å². The van der Waals surface area contributed by atoms with Gasteiger partial charge in [0.1, 0.15) is 10.6 Å². The molecule has 2 amide bonds. The maximum Gasteiger partial charge on any atom is 0.279 e. The largest absolute Gasteiger partial charge is 0.365 e. The molecule has 0 unspecified atom stereocenters. The van der Waals surface area contributed by atoms with Crippen molar-refractivity contribution in [2.24, 2.45) is 11.7 Å². The number of benzene rings is 1. The van der Waals surface area contributed by atoms with E-state index in [0.29, 0.717) is 12.3 Å². The van der Waals surface area contributed by atoms with Gasteiger partial charge in [-0.3, -0.25) is 29.8 Å². The molecule has 0 saturated carbocycles. The number of hydrogen-bond acceptors (Lipinski definition) is 7. The van der Waals surface area contributed by atoms with Crippen LogP contribution in [0.2, 0.25) is 0 Å². The van der Waals surface area contributed by atoms with Crippen LogP contribution in [-0.2, 0) is 12.8 Å². The van der Waals surface area contributed by atoms with Crippen LogP contribution >= 0.6 is 11.3 Å². The molecule has 0 spiro atoms. The quantitative estimate of drug-likeness (QED) is 0.480. The van der Waals surface area contributed by atoms with Crippen LogP contribution in [0, 0.1) is 33.1 Å². The molecule has 0 radical (unpaired) electrons. The van der Waals surface area contributed by atoms with Crippen molar-refractivity contribution >= 4 is 39.5 Å². The minimum Gasteiger partial charge on any atom is -0.365 e. The normalized spacial score (nSPS) is 15.2. The highest BCUT2D eigenvalue weighted by atomic mass is 32.1. The lowest BCUT2D eigenvalue weighted by molar-refractivity contribution is -0.395. The van der Waals surface area contributed by atoms with E-state index in [-0.39, 0.29) is 21.7 Å². The van der Waals surface area contributed by atoms with Gasteiger partial charge in [0, 0.05) is 17.0 Å². The molecule has 0 bridgehead atoms. The zero-order valence-electron chi connectivity index (χ0n) is 17.1. The van der Waals surface area contributed by atoms with Gasteiger partial charge in [0.25, 0.3) is 23.2 Å². The summed E-state index contributed by atoms with van der Waals surface area (Å²) in [6.07, 6.45) is 4.55. The van der Waals surface area contributed by atoms with Crippen LogP contribution in [0.4, 0.5) is 16.4 Å². The molecule has 0 aliphatic heterocycles. The molecule has 3 N–H and O–H groups in total. The first-order valence-electron chi connectivity index (χ1n) is 9.83. The number of carbonyl (C=O) groups excluding carboxylic acids is 2. The van der Waals surface area contributed by atoms with E-state index in [0.717, 1.165) is 48.3 Å². The molecule has 0 fully saturated rings. The van der Waals surface area contributed by atoms with E-state index >= 15 is 0 Å². The van der Waals surface area contributed by atoms with Crippen LogP contribution in [0.1, 0.15) is 62.9 Å². The number of anilines is 1. The van der Waals surface area contributed by atoms with Gasteiger partial charge in [-0.25, -0.2) is 0 Å². The Hall–Kier alpha value is -3.34. The minimum atomic E-state index is -0.780. The Morgan fingerprint density at radius 1 is 1.23 bits per heavy atom. The Kier molecular flexibility index (Phi) is 6.34. The lowest BCUT2D eigenvalue weighted by Gasteiger charge is -2.21. The number of nitrogens with zero attached hydrogens (tertiary/aromatic N) is 2. The Morgan fingerprint density at radius 3 is 2.35 bits per heavy atom. The van der Waals surface area contributed by atoms with Crippen molar-refractivity contribution in [3.05, 3.63) is 59.5 Å². The monoisotopic (exact) mass is 446 g/mol. The predicted octanol–water partition coefficient (Wildman–Crippen LogP) is 4.13. The SMILES string of the molecule is CCC[C@H]1CCc2c(sc(NC(=O)c3cc([N+](=O)[O-])c(C)c([N+](=O)[O-])c3)c2C(N)=O)C1. The summed E-state index contributed by atoms with van der Waals surface area (Å²) in [6, 6.07) is 1.98. The van der Waals surface area contributed by atoms with Crippen LogP contribution in [0.15, 0.2) is 12.1 Å². The highest BCUT2D eigenvalue weighted by Gasteiger charge is 2.30. The summed E-state index contributed by atoms with van der Waals surface area (Å²) in [5, 5.41) is 25.4. The zero-order valence-corrected chi connectivity index (χ0v) is 17.9. The van der Waals surface area contributed by atoms with E-state index in [9.17, 15) is 29.8 Å². The maximum absolute atomic E-state index is 12.8. The van der Waals surface area contributed by atoms with E-state index < -0.39 is 33.0 Å². The first-order valence-corrected chi connectivity index (χ1v) is 10.6. The fourth-order valence-electron chi connectivity index (χ4n) is 4.03.